The number of nitrogens with zero attached hydrogens (tertiary/aromatic N) is 1. The zero-order valence-electron chi connectivity index (χ0n) is 4.21. The van der Waals surface area contributed by atoms with Crippen LogP contribution >= 0.6 is 16.6 Å². The third-order valence-electron chi connectivity index (χ3n) is 0.530. The van der Waals surface area contributed by atoms with E-state index >= 15 is 0 Å². The van der Waals surface area contributed by atoms with Crippen molar-refractivity contribution < 1.29 is 0 Å². The zero-order valence-corrected chi connectivity index (χ0v) is 6.74. The van der Waals surface area contributed by atoms with Crippen LogP contribution in [0.4, 0.5) is 0 Å². The third kappa shape index (κ3) is 3.11. The highest BCUT2D eigenvalue weighted by molar-refractivity contribution is 8.72. The molecule has 0 saturated carbocycles. The van der Waals surface area contributed by atoms with Gasteiger partial charge in [0.05, 0.1) is 5.24 Å². The lowest BCUT2D eigenvalue weighted by molar-refractivity contribution is 1.57. The Morgan fingerprint density at radius 1 is 1.86 bits per heavy atom. The van der Waals surface area contributed by atoms with Crippen LogP contribution in [0.2, 0.25) is 0 Å². The van der Waals surface area contributed by atoms with E-state index in [1.807, 2.05) is 12.9 Å². The largest absolute Gasteiger partial charge is 0.192 e. The lowest BCUT2D eigenvalue weighted by atomic mass is 11.8. The van der Waals surface area contributed by atoms with E-state index in [9.17, 15) is 0 Å². The molecule has 0 radical (unpaired) electrons. The van der Waals surface area contributed by atoms with E-state index < -0.39 is 5.24 Å². The Kier molecular flexibility index (Phi) is 2.90. The highest BCUT2D eigenvalue weighted by Gasteiger charge is 2.02. The van der Waals surface area contributed by atoms with Crippen LogP contribution in [0, 0.1) is 11.1 Å². The summed E-state index contributed by atoms with van der Waals surface area (Å²) in [7, 11) is 0. The van der Waals surface area contributed by atoms with Crippen LogP contribution in [0.25, 0.3) is 0 Å². The normalized spacial score (nSPS) is 17.3. The highest BCUT2D eigenvalue weighted by Crippen LogP contribution is 2.52. The van der Waals surface area contributed by atoms with Crippen LogP contribution in [0.3, 0.4) is 0 Å². The molecule has 0 aromatic heterocycles. The molecule has 0 amide bonds. The molecule has 0 bridgehead atoms. The second-order valence-corrected chi connectivity index (χ2v) is 9.56. The minimum Gasteiger partial charge on any atom is -0.192 e. The molecule has 0 rings (SSSR count). The van der Waals surface area contributed by atoms with E-state index in [1.54, 1.807) is 0 Å². The number of hydrogen-bond acceptors (Lipinski definition) is 3. The predicted molar refractivity (Wildman–Crippen MR) is 39.3 cm³/mol. The van der Waals surface area contributed by atoms with Gasteiger partial charge in [-0.25, -0.2) is 0 Å². The molecule has 1 unspecified atom stereocenters. The number of hydrogen-bond donors (Lipinski definition) is 0. The minimum absolute atomic E-state index is 1.49. The Bertz CT molecular complexity index is 136. The SMILES string of the molecule is CSP(C)(=S)C#N. The maximum Gasteiger partial charge on any atom is 0.108 e. The summed E-state index contributed by atoms with van der Waals surface area (Å²) in [6.07, 6.45) is 1.88. The van der Waals surface area contributed by atoms with E-state index in [0.717, 1.165) is 0 Å². The van der Waals surface area contributed by atoms with E-state index in [4.69, 9.17) is 17.1 Å². The Balaban J connectivity index is 3.94. The molecule has 7 heavy (non-hydrogen) atoms. The molecular weight excluding hydrogens is 145 g/mol. The molecule has 0 aromatic carbocycles. The first kappa shape index (κ1) is 7.49. The van der Waals surface area contributed by atoms with Gasteiger partial charge in [-0.2, -0.15) is 5.26 Å². The fourth-order valence-electron chi connectivity index (χ4n) is 0.0408. The molecule has 0 saturated heterocycles. The van der Waals surface area contributed by atoms with Gasteiger partial charge in [-0.05, 0) is 12.9 Å². The second kappa shape index (κ2) is 2.71. The van der Waals surface area contributed by atoms with Crippen molar-refractivity contribution in [3.63, 3.8) is 0 Å². The van der Waals surface area contributed by atoms with Crippen LogP contribution in [0.15, 0.2) is 0 Å². The average Bonchev–Trinajstić information content (AvgIpc) is 1.68. The molecule has 1 atom stereocenters. The molecule has 0 aliphatic rings. The maximum absolute atomic E-state index is 8.27. The van der Waals surface area contributed by atoms with Crippen LogP contribution in [-0.2, 0) is 11.8 Å². The van der Waals surface area contributed by atoms with Crippen LogP contribution < -0.4 is 0 Å². The Labute approximate surface area is 52.9 Å². The Morgan fingerprint density at radius 3 is 2.29 bits per heavy atom. The van der Waals surface area contributed by atoms with Crippen molar-refractivity contribution in [2.24, 2.45) is 0 Å². The van der Waals surface area contributed by atoms with Gasteiger partial charge in [0.25, 0.3) is 0 Å². The quantitative estimate of drug-likeness (QED) is 0.534. The molecule has 40 valence electrons. The van der Waals surface area contributed by atoms with Gasteiger partial charge < -0.3 is 0 Å². The van der Waals surface area contributed by atoms with Gasteiger partial charge >= 0.3 is 0 Å². The zero-order chi connectivity index (χ0) is 5.91. The molecule has 0 aliphatic heterocycles. The highest BCUT2D eigenvalue weighted by atomic mass is 32.9. The van der Waals surface area contributed by atoms with Gasteiger partial charge in [-0.3, -0.25) is 0 Å². The van der Waals surface area contributed by atoms with Crippen molar-refractivity contribution >= 4 is 28.4 Å². The topological polar surface area (TPSA) is 23.8 Å². The van der Waals surface area contributed by atoms with Crippen molar-refractivity contribution in [3.05, 3.63) is 0 Å². The van der Waals surface area contributed by atoms with Crippen LogP contribution in [0.1, 0.15) is 0 Å². The molecule has 0 fully saturated rings. The predicted octanol–water partition coefficient (Wildman–Crippen LogP) is 1.85. The molecule has 0 spiro atoms. The van der Waals surface area contributed by atoms with Gasteiger partial charge in [0, 0.05) is 0 Å². The van der Waals surface area contributed by atoms with Crippen LogP contribution in [-0.4, -0.2) is 12.9 Å². The fourth-order valence-corrected chi connectivity index (χ4v) is 0.367. The van der Waals surface area contributed by atoms with Crippen molar-refractivity contribution in [1.29, 1.82) is 5.26 Å². The maximum atomic E-state index is 8.27. The molecule has 0 N–H and O–H groups in total. The fraction of sp³-hybridized carbons (Fsp3) is 0.667. The molecule has 0 heterocycles. The van der Waals surface area contributed by atoms with E-state index in [1.165, 1.54) is 11.4 Å². The molecule has 4 heteroatoms. The summed E-state index contributed by atoms with van der Waals surface area (Å²) < 4.78 is 0. The number of rotatable bonds is 1. The van der Waals surface area contributed by atoms with E-state index in [-0.39, 0.29) is 0 Å². The van der Waals surface area contributed by atoms with Gasteiger partial charge in [-0.1, -0.05) is 11.8 Å². The van der Waals surface area contributed by atoms with Gasteiger partial charge in [0.2, 0.25) is 0 Å². The van der Waals surface area contributed by atoms with Crippen molar-refractivity contribution in [2.75, 3.05) is 12.9 Å². The van der Waals surface area contributed by atoms with Crippen molar-refractivity contribution in [1.82, 2.24) is 0 Å². The van der Waals surface area contributed by atoms with E-state index in [2.05, 4.69) is 5.81 Å². The van der Waals surface area contributed by atoms with Gasteiger partial charge in [-0.15, -0.1) is 11.4 Å². The summed E-state index contributed by atoms with van der Waals surface area (Å²) in [4.78, 5) is 0. The Morgan fingerprint density at radius 2 is 2.29 bits per heavy atom. The second-order valence-electron chi connectivity index (χ2n) is 1.13. The van der Waals surface area contributed by atoms with E-state index in [0.29, 0.717) is 0 Å². The number of nitriles is 1. The molecule has 0 aliphatic carbocycles. The molecular formula is C3H6NPS2. The first-order valence-electron chi connectivity index (χ1n) is 1.67. The van der Waals surface area contributed by atoms with Gasteiger partial charge in [0.1, 0.15) is 5.81 Å². The summed E-state index contributed by atoms with van der Waals surface area (Å²) in [5.41, 5.74) is 0. The summed E-state index contributed by atoms with van der Waals surface area (Å²) in [5.74, 6) is 2.08. The van der Waals surface area contributed by atoms with Crippen molar-refractivity contribution in [2.45, 2.75) is 0 Å². The lowest BCUT2D eigenvalue weighted by Gasteiger charge is -1.96. The van der Waals surface area contributed by atoms with Gasteiger partial charge in [0.15, 0.2) is 0 Å². The van der Waals surface area contributed by atoms with Crippen molar-refractivity contribution in [3.8, 4) is 5.81 Å². The summed E-state index contributed by atoms with van der Waals surface area (Å²) in [5, 5.41) is 6.67. The minimum atomic E-state index is -1.60. The standard InChI is InChI=1S/C3H6NPS2/c1-5(6,3-4)7-2/h1-2H3. The first-order valence-corrected chi connectivity index (χ1v) is 6.75. The summed E-state index contributed by atoms with van der Waals surface area (Å²) >= 11 is 6.35. The smallest absolute Gasteiger partial charge is 0.108 e. The summed E-state index contributed by atoms with van der Waals surface area (Å²) in [6.45, 7) is 1.83. The molecule has 0 aromatic rings. The average molecular weight is 151 g/mol. The Hall–Kier alpha value is 0.490. The monoisotopic (exact) mass is 151 g/mol. The lowest BCUT2D eigenvalue weighted by Crippen LogP contribution is -1.58. The van der Waals surface area contributed by atoms with Crippen LogP contribution in [0.5, 0.6) is 0 Å². The summed E-state index contributed by atoms with van der Waals surface area (Å²) in [6, 6.07) is 0. The first-order chi connectivity index (χ1) is 3.12. The third-order valence-corrected chi connectivity index (χ3v) is 5.51. The molecule has 1 nitrogen and oxygen atoms in total.